The fourth-order valence-corrected chi connectivity index (χ4v) is 5.01. The molecule has 0 bridgehead atoms. The molecule has 2 aromatic rings. The number of fused-ring (bicyclic) bond motifs is 2. The Morgan fingerprint density at radius 2 is 1.97 bits per heavy atom. The molecule has 0 radical (unpaired) electrons. The van der Waals surface area contributed by atoms with Gasteiger partial charge in [-0.25, -0.2) is 8.78 Å². The van der Waals surface area contributed by atoms with Crippen LogP contribution in [0.3, 0.4) is 0 Å². The molecule has 0 aliphatic carbocycles. The first kappa shape index (κ1) is 23.0. The van der Waals surface area contributed by atoms with Crippen LogP contribution in [0.1, 0.15) is 48.9 Å². The monoisotopic (exact) mass is 452 g/mol. The minimum Gasteiger partial charge on any atom is -0.404 e. The van der Waals surface area contributed by atoms with E-state index in [4.69, 9.17) is 5.73 Å². The van der Waals surface area contributed by atoms with E-state index >= 15 is 0 Å². The summed E-state index contributed by atoms with van der Waals surface area (Å²) in [5, 5.41) is 3.02. The molecule has 33 heavy (non-hydrogen) atoms. The van der Waals surface area contributed by atoms with Crippen LogP contribution >= 0.6 is 0 Å². The van der Waals surface area contributed by atoms with Gasteiger partial charge >= 0.3 is 0 Å². The van der Waals surface area contributed by atoms with Crippen molar-refractivity contribution in [2.75, 3.05) is 23.8 Å². The third-order valence-corrected chi connectivity index (χ3v) is 6.40. The van der Waals surface area contributed by atoms with E-state index in [0.717, 1.165) is 41.0 Å². The standard InChI is InChI=1S/C26H30F2N4O/c1-15-8-21-22(31-25(33)9-15)5-4-6-23(21)32-14-16(2)7-17-10-19(18(12-29)13-30-3)20(26(27)28)11-24(17)32/h4-6,10-13,15-16,26H,7-9,14,29H2,1-3H3,(H,31,33)/t15-,16-/m0/s1. The molecule has 0 saturated heterocycles. The molecule has 5 nitrogen and oxygen atoms in total. The average molecular weight is 453 g/mol. The van der Waals surface area contributed by atoms with Crippen LogP contribution in [0.2, 0.25) is 0 Å². The van der Waals surface area contributed by atoms with Crippen LogP contribution in [0.25, 0.3) is 5.57 Å². The predicted molar refractivity (Wildman–Crippen MR) is 130 cm³/mol. The van der Waals surface area contributed by atoms with Crippen LogP contribution in [-0.4, -0.2) is 25.7 Å². The number of anilines is 3. The van der Waals surface area contributed by atoms with Gasteiger partial charge in [0.15, 0.2) is 0 Å². The molecule has 2 aliphatic rings. The number of nitrogens with two attached hydrogens (primary N) is 1. The Hall–Kier alpha value is -3.22. The van der Waals surface area contributed by atoms with Crippen molar-refractivity contribution < 1.29 is 13.6 Å². The van der Waals surface area contributed by atoms with Gasteiger partial charge in [0.05, 0.1) is 0 Å². The summed E-state index contributed by atoms with van der Waals surface area (Å²) in [6.07, 6.45) is 2.18. The summed E-state index contributed by atoms with van der Waals surface area (Å²) in [7, 11) is 1.59. The molecule has 2 aliphatic heterocycles. The van der Waals surface area contributed by atoms with Crippen molar-refractivity contribution >= 4 is 34.8 Å². The van der Waals surface area contributed by atoms with Crippen molar-refractivity contribution in [3.05, 3.63) is 58.8 Å². The number of benzene rings is 2. The number of allylic oxidation sites excluding steroid dienone is 1. The summed E-state index contributed by atoms with van der Waals surface area (Å²) in [4.78, 5) is 18.4. The van der Waals surface area contributed by atoms with Gasteiger partial charge in [-0.1, -0.05) is 19.9 Å². The van der Waals surface area contributed by atoms with Crippen molar-refractivity contribution in [2.45, 2.75) is 39.5 Å². The van der Waals surface area contributed by atoms with E-state index in [0.29, 0.717) is 30.0 Å². The summed E-state index contributed by atoms with van der Waals surface area (Å²) in [5.74, 6) is 0.523. The smallest absolute Gasteiger partial charge is 0.264 e. The molecule has 2 aromatic carbocycles. The molecule has 4 rings (SSSR count). The van der Waals surface area contributed by atoms with E-state index in [1.54, 1.807) is 13.1 Å². The molecule has 7 heteroatoms. The summed E-state index contributed by atoms with van der Waals surface area (Å²) in [5.41, 5.74) is 11.2. The number of rotatable bonds is 4. The van der Waals surface area contributed by atoms with Crippen LogP contribution in [0, 0.1) is 11.8 Å². The Balaban J connectivity index is 1.89. The van der Waals surface area contributed by atoms with Gasteiger partial charge in [0, 0.05) is 60.6 Å². The predicted octanol–water partition coefficient (Wildman–Crippen LogP) is 5.48. The van der Waals surface area contributed by atoms with Crippen molar-refractivity contribution in [2.24, 2.45) is 22.6 Å². The Morgan fingerprint density at radius 1 is 1.18 bits per heavy atom. The second-order valence-corrected chi connectivity index (χ2v) is 9.16. The number of aliphatic imine (C=N–C) groups is 1. The summed E-state index contributed by atoms with van der Waals surface area (Å²) in [6, 6.07) is 9.30. The van der Waals surface area contributed by atoms with E-state index in [-0.39, 0.29) is 17.4 Å². The highest BCUT2D eigenvalue weighted by Crippen LogP contribution is 2.43. The van der Waals surface area contributed by atoms with Crippen molar-refractivity contribution in [3.8, 4) is 0 Å². The van der Waals surface area contributed by atoms with Gasteiger partial charge in [-0.05, 0) is 65.6 Å². The minimum atomic E-state index is -2.65. The summed E-state index contributed by atoms with van der Waals surface area (Å²) < 4.78 is 28.4. The van der Waals surface area contributed by atoms with Gasteiger partial charge in [-0.3, -0.25) is 9.79 Å². The zero-order valence-corrected chi connectivity index (χ0v) is 19.2. The third kappa shape index (κ3) is 4.49. The fraction of sp³-hybridized carbons (Fsp3) is 0.385. The molecule has 0 aromatic heterocycles. The SMILES string of the molecule is CN=CC(=CN)c1cc2c(cc1C(F)F)N(c1cccc3c1C[C@H](C)CC(=O)N3)C[C@@H](C)C2. The van der Waals surface area contributed by atoms with Crippen molar-refractivity contribution in [1.29, 1.82) is 0 Å². The number of nitrogens with zero attached hydrogens (tertiary/aromatic N) is 2. The molecule has 2 heterocycles. The summed E-state index contributed by atoms with van der Waals surface area (Å²) >= 11 is 0. The molecular formula is C26H30F2N4O. The van der Waals surface area contributed by atoms with E-state index in [9.17, 15) is 13.6 Å². The highest BCUT2D eigenvalue weighted by Gasteiger charge is 2.30. The topological polar surface area (TPSA) is 70.7 Å². The van der Waals surface area contributed by atoms with E-state index in [1.807, 2.05) is 24.3 Å². The van der Waals surface area contributed by atoms with Gasteiger partial charge in [0.25, 0.3) is 6.43 Å². The second-order valence-electron chi connectivity index (χ2n) is 9.16. The van der Waals surface area contributed by atoms with Crippen molar-refractivity contribution in [3.63, 3.8) is 0 Å². The normalized spacial score (nSPS) is 21.1. The zero-order valence-electron chi connectivity index (χ0n) is 19.2. The van der Waals surface area contributed by atoms with Gasteiger partial charge < -0.3 is 16.0 Å². The average Bonchev–Trinajstić information content (AvgIpc) is 2.91. The molecule has 0 unspecified atom stereocenters. The van der Waals surface area contributed by atoms with Crippen molar-refractivity contribution in [1.82, 2.24) is 0 Å². The molecule has 1 amide bonds. The lowest BCUT2D eigenvalue weighted by Crippen LogP contribution is -2.31. The zero-order chi connectivity index (χ0) is 23.7. The maximum atomic E-state index is 14.2. The number of carbonyl (C=O) groups is 1. The Bertz CT molecular complexity index is 1130. The molecule has 2 atom stereocenters. The first-order valence-corrected chi connectivity index (χ1v) is 11.3. The van der Waals surface area contributed by atoms with Crippen LogP contribution in [0.4, 0.5) is 25.8 Å². The number of carbonyl (C=O) groups excluding carboxylic acids is 1. The number of hydrogen-bond acceptors (Lipinski definition) is 4. The fourth-order valence-electron chi connectivity index (χ4n) is 5.01. The Labute approximate surface area is 193 Å². The van der Waals surface area contributed by atoms with Gasteiger partial charge in [-0.15, -0.1) is 0 Å². The molecule has 0 fully saturated rings. The number of hydrogen-bond donors (Lipinski definition) is 2. The first-order valence-electron chi connectivity index (χ1n) is 11.3. The molecule has 174 valence electrons. The van der Waals surface area contributed by atoms with E-state index in [2.05, 4.69) is 29.1 Å². The van der Waals surface area contributed by atoms with Gasteiger partial charge in [-0.2, -0.15) is 0 Å². The lowest BCUT2D eigenvalue weighted by molar-refractivity contribution is -0.116. The largest absolute Gasteiger partial charge is 0.404 e. The maximum Gasteiger partial charge on any atom is 0.264 e. The number of halogens is 2. The summed E-state index contributed by atoms with van der Waals surface area (Å²) in [6.45, 7) is 4.94. The maximum absolute atomic E-state index is 14.2. The number of nitrogens with one attached hydrogen (secondary N) is 1. The number of amides is 1. The van der Waals surface area contributed by atoms with Crippen LogP contribution in [0.15, 0.2) is 41.5 Å². The van der Waals surface area contributed by atoms with Gasteiger partial charge in [0.2, 0.25) is 5.91 Å². The van der Waals surface area contributed by atoms with Crippen LogP contribution < -0.4 is 16.0 Å². The minimum absolute atomic E-state index is 0.00845. The highest BCUT2D eigenvalue weighted by atomic mass is 19.3. The third-order valence-electron chi connectivity index (χ3n) is 6.40. The second kappa shape index (κ2) is 9.33. The highest BCUT2D eigenvalue weighted by molar-refractivity contribution is 6.10. The molecule has 3 N–H and O–H groups in total. The number of alkyl halides is 2. The van der Waals surface area contributed by atoms with Crippen LogP contribution in [0.5, 0.6) is 0 Å². The molecular weight excluding hydrogens is 422 g/mol. The Kier molecular flexibility index (Phi) is 6.49. The molecule has 0 spiro atoms. The van der Waals surface area contributed by atoms with E-state index < -0.39 is 6.43 Å². The molecule has 0 saturated carbocycles. The first-order chi connectivity index (χ1) is 15.8. The van der Waals surface area contributed by atoms with E-state index in [1.165, 1.54) is 12.4 Å². The quantitative estimate of drug-likeness (QED) is 0.604. The lowest BCUT2D eigenvalue weighted by atomic mass is 9.87. The Morgan fingerprint density at radius 3 is 2.67 bits per heavy atom. The van der Waals surface area contributed by atoms with Crippen LogP contribution in [-0.2, 0) is 17.6 Å². The lowest BCUT2D eigenvalue weighted by Gasteiger charge is -2.37. The van der Waals surface area contributed by atoms with Gasteiger partial charge in [0.1, 0.15) is 0 Å².